The molecule has 6 nitrogen and oxygen atoms in total. The molecule has 1 aromatic heterocycles. The number of aromatic nitrogens is 1. The molecule has 1 aliphatic heterocycles. The zero-order valence-electron chi connectivity index (χ0n) is 8.25. The van der Waals surface area contributed by atoms with Crippen LogP contribution in [-0.4, -0.2) is 40.8 Å². The summed E-state index contributed by atoms with van der Waals surface area (Å²) in [6.45, 7) is 0.334. The van der Waals surface area contributed by atoms with E-state index in [2.05, 4.69) is 15.3 Å². The van der Waals surface area contributed by atoms with Crippen LogP contribution in [-0.2, 0) is 4.79 Å². The van der Waals surface area contributed by atoms with Gasteiger partial charge in [0.05, 0.1) is 12.1 Å². The lowest BCUT2D eigenvalue weighted by molar-refractivity contribution is -0.108. The molecule has 0 saturated heterocycles. The Morgan fingerprint density at radius 2 is 2.44 bits per heavy atom. The topological polar surface area (TPSA) is 91.7 Å². The minimum Gasteiger partial charge on any atom is -0.478 e. The fourth-order valence-corrected chi connectivity index (χ4v) is 1.47. The van der Waals surface area contributed by atoms with E-state index in [1.807, 2.05) is 0 Å². The van der Waals surface area contributed by atoms with Crippen LogP contribution in [0.15, 0.2) is 23.5 Å². The van der Waals surface area contributed by atoms with Crippen molar-refractivity contribution in [2.24, 2.45) is 4.99 Å². The molecule has 82 valence electrons. The summed E-state index contributed by atoms with van der Waals surface area (Å²) in [5.41, 5.74) is 0.521. The molecule has 6 heteroatoms. The Morgan fingerprint density at radius 3 is 3.06 bits per heavy atom. The first-order chi connectivity index (χ1) is 7.72. The Balaban J connectivity index is 2.35. The number of hydrogen-bond acceptors (Lipinski definition) is 5. The van der Waals surface area contributed by atoms with Crippen LogP contribution in [0.1, 0.15) is 15.9 Å². The maximum atomic E-state index is 10.9. The van der Waals surface area contributed by atoms with Crippen molar-refractivity contribution in [3.05, 3.63) is 29.6 Å². The third kappa shape index (κ3) is 1.77. The molecule has 1 aliphatic rings. The third-order valence-electron chi connectivity index (χ3n) is 2.24. The van der Waals surface area contributed by atoms with Crippen molar-refractivity contribution >= 4 is 18.1 Å². The summed E-state index contributed by atoms with van der Waals surface area (Å²) in [4.78, 5) is 29.3. The highest BCUT2D eigenvalue weighted by Crippen LogP contribution is 2.10. The summed E-state index contributed by atoms with van der Waals surface area (Å²) < 4.78 is 0. The molecule has 2 rings (SSSR count). The summed E-state index contributed by atoms with van der Waals surface area (Å²) in [5.74, 6) is -0.640. The fourth-order valence-electron chi connectivity index (χ4n) is 1.47. The van der Waals surface area contributed by atoms with Gasteiger partial charge in [-0.05, 0) is 6.07 Å². The van der Waals surface area contributed by atoms with E-state index in [1.165, 1.54) is 12.4 Å². The van der Waals surface area contributed by atoms with Crippen LogP contribution in [0.25, 0.3) is 0 Å². The lowest BCUT2D eigenvalue weighted by atomic mass is 10.1. The molecule has 0 aliphatic carbocycles. The number of aldehydes is 1. The number of rotatable bonds is 3. The van der Waals surface area contributed by atoms with E-state index in [0.29, 0.717) is 17.9 Å². The Bertz CT molecular complexity index is 470. The van der Waals surface area contributed by atoms with Gasteiger partial charge in [-0.2, -0.15) is 0 Å². The number of aliphatic imine (C=N–C) groups is 1. The van der Waals surface area contributed by atoms with E-state index in [1.54, 1.807) is 6.07 Å². The molecule has 0 spiro atoms. The van der Waals surface area contributed by atoms with Crippen molar-refractivity contribution in [1.29, 1.82) is 0 Å². The number of aromatic carboxylic acids is 1. The fraction of sp³-hybridized carbons (Fsp3) is 0.200. The third-order valence-corrected chi connectivity index (χ3v) is 2.24. The van der Waals surface area contributed by atoms with Gasteiger partial charge in [0.15, 0.2) is 0 Å². The molecule has 0 saturated carbocycles. The zero-order chi connectivity index (χ0) is 11.5. The number of carbonyl (C=O) groups is 2. The van der Waals surface area contributed by atoms with Crippen LogP contribution in [0.5, 0.6) is 0 Å². The number of carboxylic acid groups (broad SMARTS) is 1. The number of carboxylic acids is 1. The van der Waals surface area contributed by atoms with Gasteiger partial charge in [0, 0.05) is 18.0 Å². The van der Waals surface area contributed by atoms with E-state index in [4.69, 9.17) is 5.11 Å². The maximum Gasteiger partial charge on any atom is 0.338 e. The summed E-state index contributed by atoms with van der Waals surface area (Å²) >= 11 is 0. The molecular weight excluding hydrogens is 210 g/mol. The number of carbonyl (C=O) groups excluding carboxylic acids is 1. The van der Waals surface area contributed by atoms with Crippen LogP contribution < -0.4 is 5.32 Å². The smallest absolute Gasteiger partial charge is 0.338 e. The van der Waals surface area contributed by atoms with Crippen LogP contribution in [0.4, 0.5) is 0 Å². The van der Waals surface area contributed by atoms with Crippen molar-refractivity contribution in [2.45, 2.75) is 6.04 Å². The Labute approximate surface area is 91.0 Å². The van der Waals surface area contributed by atoms with Gasteiger partial charge in [-0.25, -0.2) is 4.79 Å². The second-order valence-electron chi connectivity index (χ2n) is 3.30. The second-order valence-corrected chi connectivity index (χ2v) is 3.30. The van der Waals surface area contributed by atoms with E-state index in [9.17, 15) is 9.59 Å². The molecule has 0 aromatic carbocycles. The zero-order valence-corrected chi connectivity index (χ0v) is 8.25. The molecule has 2 N–H and O–H groups in total. The van der Waals surface area contributed by atoms with Crippen molar-refractivity contribution in [2.75, 3.05) is 6.54 Å². The molecule has 0 radical (unpaired) electrons. The normalized spacial score (nSPS) is 18.8. The number of nitrogens with one attached hydrogen (secondary N) is 1. The molecule has 16 heavy (non-hydrogen) atoms. The highest BCUT2D eigenvalue weighted by Gasteiger charge is 2.21. The van der Waals surface area contributed by atoms with Gasteiger partial charge >= 0.3 is 5.97 Å². The first-order valence-electron chi connectivity index (χ1n) is 4.66. The Hall–Kier alpha value is -2.24. The van der Waals surface area contributed by atoms with Gasteiger partial charge < -0.3 is 15.2 Å². The van der Waals surface area contributed by atoms with Gasteiger partial charge in [0.25, 0.3) is 0 Å². The first-order valence-corrected chi connectivity index (χ1v) is 4.66. The first kappa shape index (κ1) is 10.3. The lowest BCUT2D eigenvalue weighted by Gasteiger charge is -2.07. The van der Waals surface area contributed by atoms with Gasteiger partial charge in [0.2, 0.25) is 0 Å². The molecule has 2 heterocycles. The Morgan fingerprint density at radius 1 is 1.62 bits per heavy atom. The van der Waals surface area contributed by atoms with Crippen molar-refractivity contribution < 1.29 is 14.7 Å². The minimum atomic E-state index is -1.07. The van der Waals surface area contributed by atoms with E-state index in [0.717, 1.165) is 6.29 Å². The predicted molar refractivity (Wildman–Crippen MR) is 55.6 cm³/mol. The molecule has 1 atom stereocenters. The number of amidine groups is 1. The summed E-state index contributed by atoms with van der Waals surface area (Å²) in [5, 5.41) is 11.8. The maximum absolute atomic E-state index is 10.9. The number of nitrogens with zero attached hydrogens (tertiary/aromatic N) is 2. The Kier molecular flexibility index (Phi) is 2.63. The van der Waals surface area contributed by atoms with Gasteiger partial charge in [0.1, 0.15) is 18.2 Å². The average molecular weight is 219 g/mol. The van der Waals surface area contributed by atoms with Crippen LogP contribution in [0, 0.1) is 0 Å². The highest BCUT2D eigenvalue weighted by atomic mass is 16.4. The van der Waals surface area contributed by atoms with Crippen molar-refractivity contribution in [1.82, 2.24) is 10.3 Å². The van der Waals surface area contributed by atoms with Gasteiger partial charge in [-0.3, -0.25) is 9.98 Å². The van der Waals surface area contributed by atoms with Crippen molar-refractivity contribution in [3.63, 3.8) is 0 Å². The van der Waals surface area contributed by atoms with E-state index < -0.39 is 5.97 Å². The molecule has 0 bridgehead atoms. The molecule has 1 aromatic rings. The van der Waals surface area contributed by atoms with Crippen LogP contribution in [0.3, 0.4) is 0 Å². The quantitative estimate of drug-likeness (QED) is 0.681. The number of pyridine rings is 1. The van der Waals surface area contributed by atoms with Gasteiger partial charge in [-0.1, -0.05) is 0 Å². The molecule has 0 fully saturated rings. The largest absolute Gasteiger partial charge is 0.478 e. The van der Waals surface area contributed by atoms with E-state index in [-0.39, 0.29) is 11.6 Å². The summed E-state index contributed by atoms with van der Waals surface area (Å²) in [6.07, 6.45) is 3.49. The summed E-state index contributed by atoms with van der Waals surface area (Å²) in [7, 11) is 0. The summed E-state index contributed by atoms with van der Waals surface area (Å²) in [6, 6.07) is 1.19. The minimum absolute atomic E-state index is 0.0697. The number of hydrogen-bond donors (Lipinski definition) is 2. The monoisotopic (exact) mass is 219 g/mol. The molecule has 1 unspecified atom stereocenters. The van der Waals surface area contributed by atoms with Gasteiger partial charge in [-0.15, -0.1) is 0 Å². The molecular formula is C10H9N3O3. The highest BCUT2D eigenvalue weighted by molar-refractivity contribution is 6.08. The second kappa shape index (κ2) is 4.09. The average Bonchev–Trinajstić information content (AvgIpc) is 2.77. The van der Waals surface area contributed by atoms with Crippen LogP contribution in [0.2, 0.25) is 0 Å². The SMILES string of the molecule is O=CC1CN=C(c2ccncc2C(=O)O)N1. The lowest BCUT2D eigenvalue weighted by Crippen LogP contribution is -2.32. The molecule has 0 amide bonds. The standard InChI is InChI=1S/C10H9N3O3/c14-5-6-3-12-9(13-6)7-1-2-11-4-8(7)10(15)16/h1-2,4-6H,3H2,(H,12,13)(H,15,16). The predicted octanol–water partition coefficient (Wildman–Crippen LogP) is -0.303. The van der Waals surface area contributed by atoms with E-state index >= 15 is 0 Å². The van der Waals surface area contributed by atoms with Crippen LogP contribution >= 0.6 is 0 Å². The van der Waals surface area contributed by atoms with Crippen molar-refractivity contribution in [3.8, 4) is 0 Å².